The van der Waals surface area contributed by atoms with Crippen LogP contribution in [0.5, 0.6) is 0 Å². The molecule has 15 heteroatoms. The summed E-state index contributed by atoms with van der Waals surface area (Å²) in [6.45, 7) is 2.08. The molecule has 3 heterocycles. The van der Waals surface area contributed by atoms with Crippen LogP contribution in [-0.4, -0.2) is 73.7 Å². The topological polar surface area (TPSA) is 142 Å². The molecule has 1 aromatic carbocycles. The largest absolute Gasteiger partial charge is 0.451 e. The number of amides is 2. The van der Waals surface area contributed by atoms with Crippen LogP contribution in [0.25, 0.3) is 0 Å². The van der Waals surface area contributed by atoms with Gasteiger partial charge < -0.3 is 20.4 Å². The molecule has 2 saturated heterocycles. The lowest BCUT2D eigenvalue weighted by atomic mass is 9.91. The molecule has 0 spiro atoms. The average molecular weight is 627 g/mol. The van der Waals surface area contributed by atoms with E-state index in [9.17, 15) is 22.8 Å². The molecule has 0 unspecified atom stereocenters. The highest BCUT2D eigenvalue weighted by Gasteiger charge is 2.38. The lowest BCUT2D eigenvalue weighted by Gasteiger charge is -2.34. The van der Waals surface area contributed by atoms with E-state index in [-0.39, 0.29) is 23.5 Å². The van der Waals surface area contributed by atoms with Gasteiger partial charge in [0.05, 0.1) is 0 Å². The van der Waals surface area contributed by atoms with Crippen molar-refractivity contribution in [1.29, 1.82) is 0 Å². The Kier molecular flexibility index (Phi) is 12.7. The first-order chi connectivity index (χ1) is 20.5. The Morgan fingerprint density at radius 1 is 1.00 bits per heavy atom. The second-order valence-corrected chi connectivity index (χ2v) is 10.9. The van der Waals surface area contributed by atoms with Crippen LogP contribution >= 0.6 is 0 Å². The fourth-order valence-corrected chi connectivity index (χ4v) is 5.39. The molecule has 4 rings (SSSR count). The molecule has 0 radical (unpaired) electrons. The average Bonchev–Trinajstić information content (AvgIpc) is 3.47. The summed E-state index contributed by atoms with van der Waals surface area (Å²) in [5, 5.41) is 5.57. The van der Waals surface area contributed by atoms with Gasteiger partial charge in [0.2, 0.25) is 17.6 Å². The van der Waals surface area contributed by atoms with Crippen molar-refractivity contribution < 1.29 is 35.4 Å². The number of benzene rings is 1. The molecule has 2 N–H and O–H groups in total. The lowest BCUT2D eigenvalue weighted by Crippen LogP contribution is -2.44. The molecule has 1 atom stereocenters. The number of alkyl halides is 3. The minimum Gasteiger partial charge on any atom is -0.359 e. The molecule has 236 valence electrons. The lowest BCUT2D eigenvalue weighted by molar-refractivity contribution is -0.144. The summed E-state index contributed by atoms with van der Waals surface area (Å²) in [6, 6.07) is 10.8. The summed E-state index contributed by atoms with van der Waals surface area (Å²) in [5.41, 5.74) is 1.10. The summed E-state index contributed by atoms with van der Waals surface area (Å²) in [6.07, 6.45) is 1.07. The van der Waals surface area contributed by atoms with Crippen LogP contribution in [0.15, 0.2) is 36.4 Å². The van der Waals surface area contributed by atoms with Crippen molar-refractivity contribution >= 4 is 34.1 Å². The Hall–Kier alpha value is -3.75. The molecule has 2 amide bonds. The van der Waals surface area contributed by atoms with Gasteiger partial charge in [-0.2, -0.15) is 13.2 Å². The SMILES string of the molecule is CNC(=O)CCCC1CCN(c2cc(N3CCC[C@H]3C(=O)NCCc3ccccc3)nc(C(F)(F)F)n2)CC1.O=S(=O)=O. The van der Waals surface area contributed by atoms with Gasteiger partial charge in [-0.3, -0.25) is 9.59 Å². The highest BCUT2D eigenvalue weighted by atomic mass is 32.2. The van der Waals surface area contributed by atoms with Gasteiger partial charge in [-0.25, -0.2) is 9.97 Å². The summed E-state index contributed by atoms with van der Waals surface area (Å²) in [7, 11) is -1.49. The van der Waals surface area contributed by atoms with Crippen molar-refractivity contribution in [2.45, 2.75) is 63.6 Å². The van der Waals surface area contributed by atoms with E-state index in [1.165, 1.54) is 0 Å². The number of anilines is 2. The molecule has 2 aliphatic rings. The van der Waals surface area contributed by atoms with E-state index in [4.69, 9.17) is 12.6 Å². The predicted molar refractivity (Wildman–Crippen MR) is 153 cm³/mol. The number of aromatic nitrogens is 2. The quantitative estimate of drug-likeness (QED) is 0.407. The van der Waals surface area contributed by atoms with Gasteiger partial charge in [-0.1, -0.05) is 30.3 Å². The Morgan fingerprint density at radius 2 is 1.65 bits per heavy atom. The molecular weight excluding hydrogens is 589 g/mol. The minimum absolute atomic E-state index is 0.0192. The van der Waals surface area contributed by atoms with Crippen LogP contribution < -0.4 is 20.4 Å². The first-order valence-corrected chi connectivity index (χ1v) is 15.2. The van der Waals surface area contributed by atoms with Crippen molar-refractivity contribution in [3.8, 4) is 0 Å². The van der Waals surface area contributed by atoms with Crippen LogP contribution in [-0.2, 0) is 32.8 Å². The van der Waals surface area contributed by atoms with E-state index in [2.05, 4.69) is 20.6 Å². The number of hydrogen-bond donors (Lipinski definition) is 2. The fraction of sp³-hybridized carbons (Fsp3) is 0.571. The number of rotatable bonds is 10. The second kappa shape index (κ2) is 16.2. The van der Waals surface area contributed by atoms with Crippen molar-refractivity contribution in [3.63, 3.8) is 0 Å². The maximum absolute atomic E-state index is 13.8. The number of nitrogens with one attached hydrogen (secondary N) is 2. The zero-order valence-electron chi connectivity index (χ0n) is 24.0. The summed E-state index contributed by atoms with van der Waals surface area (Å²) in [5.74, 6) is -0.554. The molecule has 2 aromatic rings. The number of halogens is 3. The summed E-state index contributed by atoms with van der Waals surface area (Å²) >= 11 is 0. The van der Waals surface area contributed by atoms with Gasteiger partial charge in [0, 0.05) is 45.7 Å². The van der Waals surface area contributed by atoms with E-state index in [1.54, 1.807) is 18.0 Å². The zero-order chi connectivity index (χ0) is 31.4. The maximum atomic E-state index is 13.8. The third kappa shape index (κ3) is 10.8. The molecule has 43 heavy (non-hydrogen) atoms. The highest BCUT2D eigenvalue weighted by Crippen LogP contribution is 2.34. The first-order valence-electron chi connectivity index (χ1n) is 14.2. The van der Waals surface area contributed by atoms with Gasteiger partial charge >= 0.3 is 16.8 Å². The van der Waals surface area contributed by atoms with Crippen molar-refractivity contribution in [2.24, 2.45) is 5.92 Å². The van der Waals surface area contributed by atoms with Gasteiger partial charge in [0.15, 0.2) is 0 Å². The van der Waals surface area contributed by atoms with Crippen molar-refractivity contribution in [2.75, 3.05) is 43.0 Å². The van der Waals surface area contributed by atoms with E-state index < -0.39 is 28.7 Å². The van der Waals surface area contributed by atoms with Gasteiger partial charge in [-0.15, -0.1) is 12.6 Å². The second-order valence-electron chi connectivity index (χ2n) is 10.5. The van der Waals surface area contributed by atoms with Crippen LogP contribution in [0.4, 0.5) is 24.8 Å². The molecule has 0 aliphatic carbocycles. The Morgan fingerprint density at radius 3 is 2.28 bits per heavy atom. The number of nitrogens with zero attached hydrogens (tertiary/aromatic N) is 4. The Labute approximate surface area is 250 Å². The van der Waals surface area contributed by atoms with Crippen LogP contribution in [0.2, 0.25) is 0 Å². The van der Waals surface area contributed by atoms with E-state index in [1.807, 2.05) is 35.2 Å². The standard InChI is InChI=1S/C28H37F3N6O2.O3S/c1-32-25(38)11-5-9-21-13-17-36(18-14-21)23-19-24(35-27(34-23)28(29,30)31)37-16-6-10-22(37)26(39)33-15-12-20-7-3-2-4-8-20;1-4(2)3/h2-4,7-8,19,21-22H,5-6,9-18H2,1H3,(H,32,38)(H,33,39);/t22-;/m0./s1. The van der Waals surface area contributed by atoms with Crippen LogP contribution in [0.3, 0.4) is 0 Å². The predicted octanol–water partition coefficient (Wildman–Crippen LogP) is 2.95. The Bertz CT molecular complexity index is 1320. The Balaban J connectivity index is 0.00000119. The number of carbonyl (C=O) groups excluding carboxylic acids is 2. The van der Waals surface area contributed by atoms with E-state index >= 15 is 0 Å². The minimum atomic E-state index is -4.70. The van der Waals surface area contributed by atoms with E-state index in [0.717, 1.165) is 31.2 Å². The molecule has 2 aliphatic heterocycles. The fourth-order valence-electron chi connectivity index (χ4n) is 5.39. The van der Waals surface area contributed by atoms with E-state index in [0.29, 0.717) is 57.8 Å². The normalized spacial score (nSPS) is 17.2. The number of carbonyl (C=O) groups is 2. The maximum Gasteiger partial charge on any atom is 0.451 e. The van der Waals surface area contributed by atoms with Gasteiger partial charge in [-0.05, 0) is 56.4 Å². The van der Waals surface area contributed by atoms with Gasteiger partial charge in [0.25, 0.3) is 0 Å². The molecule has 0 bridgehead atoms. The smallest absolute Gasteiger partial charge is 0.359 e. The summed E-state index contributed by atoms with van der Waals surface area (Å²) < 4.78 is 66.8. The summed E-state index contributed by atoms with van der Waals surface area (Å²) in [4.78, 5) is 35.8. The third-order valence-electron chi connectivity index (χ3n) is 7.59. The number of piperidine rings is 1. The molecule has 0 saturated carbocycles. The van der Waals surface area contributed by atoms with Crippen molar-refractivity contribution in [3.05, 3.63) is 47.8 Å². The molecule has 11 nitrogen and oxygen atoms in total. The molecule has 2 fully saturated rings. The monoisotopic (exact) mass is 626 g/mol. The van der Waals surface area contributed by atoms with Crippen LogP contribution in [0, 0.1) is 5.92 Å². The highest BCUT2D eigenvalue weighted by molar-refractivity contribution is 7.59. The molecule has 1 aromatic heterocycles. The zero-order valence-corrected chi connectivity index (χ0v) is 24.8. The van der Waals surface area contributed by atoms with Gasteiger partial charge in [0.1, 0.15) is 17.7 Å². The number of hydrogen-bond acceptors (Lipinski definition) is 9. The molecular formula is C28H37F3N6O5S. The van der Waals surface area contributed by atoms with Crippen LogP contribution in [0.1, 0.15) is 56.3 Å². The third-order valence-corrected chi connectivity index (χ3v) is 7.59. The first kappa shape index (κ1) is 33.7. The van der Waals surface area contributed by atoms with Crippen molar-refractivity contribution in [1.82, 2.24) is 20.6 Å².